The van der Waals surface area contributed by atoms with Crippen molar-refractivity contribution in [1.82, 2.24) is 0 Å². The molecule has 1 saturated heterocycles. The van der Waals surface area contributed by atoms with Gasteiger partial charge in [0.05, 0.1) is 0 Å². The minimum absolute atomic E-state index is 0.0191. The molecule has 0 aromatic carbocycles. The van der Waals surface area contributed by atoms with Crippen LogP contribution in [0.15, 0.2) is 12.2 Å². The molecule has 0 N–H and O–H groups in total. The summed E-state index contributed by atoms with van der Waals surface area (Å²) >= 11 is 0. The van der Waals surface area contributed by atoms with Gasteiger partial charge in [-0.25, -0.2) is 0 Å². The van der Waals surface area contributed by atoms with Crippen LogP contribution in [-0.2, 0) is 9.31 Å². The van der Waals surface area contributed by atoms with Crippen LogP contribution in [0.4, 0.5) is 0 Å². The molecule has 0 unspecified atom stereocenters. The Kier molecular flexibility index (Phi) is 7.67. The van der Waals surface area contributed by atoms with Crippen LogP contribution < -0.4 is 0 Å². The lowest BCUT2D eigenvalue weighted by atomic mass is 9.83. The van der Waals surface area contributed by atoms with E-state index < -0.39 is 0 Å². The van der Waals surface area contributed by atoms with Crippen LogP contribution in [0.25, 0.3) is 0 Å². The molecule has 0 bridgehead atoms. The highest BCUT2D eigenvalue weighted by Gasteiger charge is 2.19. The minimum atomic E-state index is 0.0191. The zero-order valence-electron chi connectivity index (χ0n) is 9.91. The van der Waals surface area contributed by atoms with Crippen LogP contribution in [0.3, 0.4) is 0 Å². The van der Waals surface area contributed by atoms with Gasteiger partial charge in [0.1, 0.15) is 0 Å². The number of allylic oxidation sites excluding steroid dienone is 2. The number of hydrogen-bond donors (Lipinski definition) is 0. The summed E-state index contributed by atoms with van der Waals surface area (Å²) in [5.41, 5.74) is 0. The summed E-state index contributed by atoms with van der Waals surface area (Å²) in [4.78, 5) is 0. The predicted molar refractivity (Wildman–Crippen MR) is 65.0 cm³/mol. The zero-order valence-corrected chi connectivity index (χ0v) is 9.91. The van der Waals surface area contributed by atoms with Gasteiger partial charge in [0.25, 0.3) is 0 Å². The molecule has 1 heterocycles. The Hall–Kier alpha value is -0.275. The molecular formula is C12H23BO2. The molecule has 0 spiro atoms. The Balaban J connectivity index is 1.91. The topological polar surface area (TPSA) is 18.5 Å². The lowest BCUT2D eigenvalue weighted by Gasteiger charge is -2.18. The van der Waals surface area contributed by atoms with E-state index in [4.69, 9.17) is 9.31 Å². The first-order valence-corrected chi connectivity index (χ1v) is 6.31. The van der Waals surface area contributed by atoms with E-state index in [0.717, 1.165) is 26.0 Å². The molecule has 1 aliphatic heterocycles. The van der Waals surface area contributed by atoms with Gasteiger partial charge in [0.15, 0.2) is 0 Å². The van der Waals surface area contributed by atoms with E-state index in [0.29, 0.717) is 0 Å². The Morgan fingerprint density at radius 1 is 1.07 bits per heavy atom. The predicted octanol–water partition coefficient (Wildman–Crippen LogP) is 3.44. The highest BCUT2D eigenvalue weighted by Crippen LogP contribution is 2.07. The van der Waals surface area contributed by atoms with Gasteiger partial charge in [0.2, 0.25) is 0 Å². The van der Waals surface area contributed by atoms with Crippen LogP contribution in [-0.4, -0.2) is 20.3 Å². The van der Waals surface area contributed by atoms with Crippen molar-refractivity contribution < 1.29 is 9.31 Å². The summed E-state index contributed by atoms with van der Waals surface area (Å²) in [7, 11) is 0.0191. The van der Waals surface area contributed by atoms with Crippen LogP contribution >= 0.6 is 0 Å². The van der Waals surface area contributed by atoms with E-state index in [1.165, 1.54) is 32.1 Å². The molecular weight excluding hydrogens is 187 g/mol. The number of rotatable bonds is 7. The average Bonchev–Trinajstić information content (AvgIpc) is 2.29. The molecule has 0 radical (unpaired) electrons. The second-order valence-electron chi connectivity index (χ2n) is 4.08. The van der Waals surface area contributed by atoms with E-state index in [9.17, 15) is 0 Å². The molecule has 0 aromatic heterocycles. The van der Waals surface area contributed by atoms with Crippen molar-refractivity contribution in [3.8, 4) is 0 Å². The third-order valence-corrected chi connectivity index (χ3v) is 2.62. The zero-order chi connectivity index (χ0) is 10.8. The van der Waals surface area contributed by atoms with Crippen molar-refractivity contribution in [3.63, 3.8) is 0 Å². The number of hydrogen-bond acceptors (Lipinski definition) is 2. The van der Waals surface area contributed by atoms with Crippen LogP contribution in [0, 0.1) is 0 Å². The normalized spacial score (nSPS) is 17.5. The molecule has 0 amide bonds. The lowest BCUT2D eigenvalue weighted by molar-refractivity contribution is 0.136. The fraction of sp³-hybridized carbons (Fsp3) is 0.833. The fourth-order valence-corrected chi connectivity index (χ4v) is 1.69. The summed E-state index contributed by atoms with van der Waals surface area (Å²) in [6.45, 7) is 3.96. The Morgan fingerprint density at radius 3 is 2.60 bits per heavy atom. The second kappa shape index (κ2) is 8.99. The molecule has 0 aliphatic carbocycles. The minimum Gasteiger partial charge on any atom is -0.411 e. The second-order valence-corrected chi connectivity index (χ2v) is 4.08. The van der Waals surface area contributed by atoms with Gasteiger partial charge in [-0.3, -0.25) is 0 Å². The summed E-state index contributed by atoms with van der Waals surface area (Å²) in [5.74, 6) is 0. The van der Waals surface area contributed by atoms with Crippen LogP contribution in [0.5, 0.6) is 0 Å². The molecule has 1 rings (SSSR count). The maximum absolute atomic E-state index is 5.45. The van der Waals surface area contributed by atoms with E-state index in [-0.39, 0.29) is 7.12 Å². The summed E-state index contributed by atoms with van der Waals surface area (Å²) in [5, 5.41) is 0. The van der Waals surface area contributed by atoms with Gasteiger partial charge in [-0.1, -0.05) is 38.3 Å². The van der Waals surface area contributed by atoms with Crippen molar-refractivity contribution in [2.75, 3.05) is 13.2 Å². The van der Waals surface area contributed by atoms with Crippen molar-refractivity contribution in [3.05, 3.63) is 12.2 Å². The third kappa shape index (κ3) is 6.75. The maximum Gasteiger partial charge on any atom is 0.460 e. The maximum atomic E-state index is 5.45. The van der Waals surface area contributed by atoms with Crippen molar-refractivity contribution in [1.29, 1.82) is 0 Å². The Bertz CT molecular complexity index is 165. The van der Waals surface area contributed by atoms with Gasteiger partial charge in [0, 0.05) is 19.5 Å². The molecule has 1 fully saturated rings. The highest BCUT2D eigenvalue weighted by atomic mass is 16.6. The quantitative estimate of drug-likeness (QED) is 0.364. The largest absolute Gasteiger partial charge is 0.460 e. The molecule has 3 heteroatoms. The fourth-order valence-electron chi connectivity index (χ4n) is 1.69. The van der Waals surface area contributed by atoms with Crippen LogP contribution in [0.1, 0.15) is 45.4 Å². The lowest BCUT2D eigenvalue weighted by Crippen LogP contribution is -2.28. The van der Waals surface area contributed by atoms with Gasteiger partial charge in [-0.2, -0.15) is 0 Å². The molecule has 2 nitrogen and oxygen atoms in total. The number of unbranched alkanes of at least 4 members (excludes halogenated alkanes) is 4. The highest BCUT2D eigenvalue weighted by molar-refractivity contribution is 6.45. The van der Waals surface area contributed by atoms with E-state index in [1.807, 2.05) is 0 Å². The monoisotopic (exact) mass is 210 g/mol. The summed E-state index contributed by atoms with van der Waals surface area (Å²) in [6.07, 6.45) is 13.0. The SMILES string of the molecule is CCCCCC/C=C/CB1OCCCO1. The van der Waals surface area contributed by atoms with E-state index >= 15 is 0 Å². The van der Waals surface area contributed by atoms with Crippen LogP contribution in [0.2, 0.25) is 6.32 Å². The first kappa shape index (κ1) is 12.8. The average molecular weight is 210 g/mol. The molecule has 0 atom stereocenters. The van der Waals surface area contributed by atoms with Gasteiger partial charge < -0.3 is 9.31 Å². The Morgan fingerprint density at radius 2 is 1.87 bits per heavy atom. The van der Waals surface area contributed by atoms with Gasteiger partial charge >= 0.3 is 7.12 Å². The molecule has 15 heavy (non-hydrogen) atoms. The standard InChI is InChI=1S/C12H23BO2/c1-2-3-4-5-6-7-8-10-13-14-11-9-12-15-13/h7-8H,2-6,9-12H2,1H3/b8-7+. The first-order chi connectivity index (χ1) is 7.43. The van der Waals surface area contributed by atoms with Gasteiger partial charge in [-0.05, 0) is 19.3 Å². The molecule has 0 aromatic rings. The first-order valence-electron chi connectivity index (χ1n) is 6.31. The van der Waals surface area contributed by atoms with Crippen molar-refractivity contribution >= 4 is 7.12 Å². The summed E-state index contributed by atoms with van der Waals surface area (Å²) in [6, 6.07) is 0. The van der Waals surface area contributed by atoms with Crippen molar-refractivity contribution in [2.24, 2.45) is 0 Å². The molecule has 86 valence electrons. The smallest absolute Gasteiger partial charge is 0.411 e. The summed E-state index contributed by atoms with van der Waals surface area (Å²) < 4.78 is 10.9. The molecule has 1 aliphatic rings. The Labute approximate surface area is 94.2 Å². The van der Waals surface area contributed by atoms with Crippen molar-refractivity contribution in [2.45, 2.75) is 51.8 Å². The van der Waals surface area contributed by atoms with Gasteiger partial charge in [-0.15, -0.1) is 0 Å². The molecule has 0 saturated carbocycles. The van der Waals surface area contributed by atoms with E-state index in [1.54, 1.807) is 0 Å². The van der Waals surface area contributed by atoms with E-state index in [2.05, 4.69) is 19.1 Å². The third-order valence-electron chi connectivity index (χ3n) is 2.62.